The van der Waals surface area contributed by atoms with Crippen LogP contribution in [0, 0.1) is 0 Å². The summed E-state index contributed by atoms with van der Waals surface area (Å²) in [5, 5.41) is 21.1. The lowest BCUT2D eigenvalue weighted by molar-refractivity contribution is -0.136. The summed E-state index contributed by atoms with van der Waals surface area (Å²) in [6, 6.07) is 3.80. The van der Waals surface area contributed by atoms with Crippen LogP contribution in [0.5, 0.6) is 0 Å². The zero-order chi connectivity index (χ0) is 11.6. The van der Waals surface area contributed by atoms with Crippen LogP contribution in [0.15, 0.2) is 12.1 Å². The molecule has 4 nitrogen and oxygen atoms in total. The number of thiophene rings is 1. The molecule has 1 aromatic rings. The summed E-state index contributed by atoms with van der Waals surface area (Å²) in [7, 11) is 0. The van der Waals surface area contributed by atoms with Crippen molar-refractivity contribution in [3.8, 4) is 0 Å². The molecule has 2 rings (SSSR count). The van der Waals surface area contributed by atoms with Gasteiger partial charge >= 0.3 is 5.97 Å². The zero-order valence-corrected chi connectivity index (χ0v) is 9.72. The SMILES string of the molecule is O=C(O)Cc1ccc(CNC2(CO)CC2)s1. The number of hydrogen-bond donors (Lipinski definition) is 3. The number of aliphatic carboxylic acids is 1. The Morgan fingerprint density at radius 1 is 1.44 bits per heavy atom. The Balaban J connectivity index is 1.85. The van der Waals surface area contributed by atoms with Crippen LogP contribution in [0.25, 0.3) is 0 Å². The molecule has 88 valence electrons. The Hall–Kier alpha value is -0.910. The monoisotopic (exact) mass is 241 g/mol. The van der Waals surface area contributed by atoms with Crippen molar-refractivity contribution in [2.24, 2.45) is 0 Å². The predicted octanol–water partition coefficient (Wildman–Crippen LogP) is 0.990. The molecular weight excluding hydrogens is 226 g/mol. The first-order valence-electron chi connectivity index (χ1n) is 5.29. The molecule has 1 saturated carbocycles. The topological polar surface area (TPSA) is 69.6 Å². The maximum Gasteiger partial charge on any atom is 0.308 e. The van der Waals surface area contributed by atoms with E-state index >= 15 is 0 Å². The van der Waals surface area contributed by atoms with E-state index in [1.807, 2.05) is 12.1 Å². The third-order valence-corrected chi connectivity index (χ3v) is 3.92. The van der Waals surface area contributed by atoms with E-state index in [-0.39, 0.29) is 18.6 Å². The van der Waals surface area contributed by atoms with Crippen molar-refractivity contribution >= 4 is 17.3 Å². The highest BCUT2D eigenvalue weighted by Gasteiger charge is 2.41. The highest BCUT2D eigenvalue weighted by molar-refractivity contribution is 7.12. The number of carboxylic acid groups (broad SMARTS) is 1. The third kappa shape index (κ3) is 2.81. The maximum absolute atomic E-state index is 10.5. The minimum Gasteiger partial charge on any atom is -0.481 e. The van der Waals surface area contributed by atoms with Crippen LogP contribution in [0.2, 0.25) is 0 Å². The van der Waals surface area contributed by atoms with Gasteiger partial charge in [0.25, 0.3) is 0 Å². The summed E-state index contributed by atoms with van der Waals surface area (Å²) >= 11 is 1.52. The fourth-order valence-electron chi connectivity index (χ4n) is 1.58. The first-order valence-corrected chi connectivity index (χ1v) is 6.10. The number of aliphatic hydroxyl groups is 1. The van der Waals surface area contributed by atoms with Crippen LogP contribution in [0.3, 0.4) is 0 Å². The minimum absolute atomic E-state index is 0.0586. The second-order valence-electron chi connectivity index (χ2n) is 4.23. The van der Waals surface area contributed by atoms with Gasteiger partial charge in [-0.15, -0.1) is 11.3 Å². The molecule has 0 aliphatic heterocycles. The predicted molar refractivity (Wildman–Crippen MR) is 61.5 cm³/mol. The largest absolute Gasteiger partial charge is 0.481 e. The van der Waals surface area contributed by atoms with Crippen molar-refractivity contribution in [1.29, 1.82) is 0 Å². The van der Waals surface area contributed by atoms with Gasteiger partial charge in [-0.2, -0.15) is 0 Å². The summed E-state index contributed by atoms with van der Waals surface area (Å²) in [5.74, 6) is -0.796. The number of hydrogen-bond acceptors (Lipinski definition) is 4. The van der Waals surface area contributed by atoms with E-state index < -0.39 is 5.97 Å². The number of carboxylic acids is 1. The van der Waals surface area contributed by atoms with E-state index in [2.05, 4.69) is 5.32 Å². The summed E-state index contributed by atoms with van der Waals surface area (Å²) in [6.07, 6.45) is 2.14. The van der Waals surface area contributed by atoms with Gasteiger partial charge in [0.05, 0.1) is 13.0 Å². The molecule has 0 spiro atoms. The molecule has 0 unspecified atom stereocenters. The molecule has 16 heavy (non-hydrogen) atoms. The molecule has 0 atom stereocenters. The zero-order valence-electron chi connectivity index (χ0n) is 8.90. The summed E-state index contributed by atoms with van der Waals surface area (Å²) < 4.78 is 0. The van der Waals surface area contributed by atoms with E-state index in [0.717, 1.165) is 22.6 Å². The molecule has 1 aromatic heterocycles. The van der Waals surface area contributed by atoms with Crippen molar-refractivity contribution in [1.82, 2.24) is 5.32 Å². The molecule has 3 N–H and O–H groups in total. The molecule has 1 heterocycles. The lowest BCUT2D eigenvalue weighted by atomic mass is 10.3. The normalized spacial score (nSPS) is 17.3. The molecule has 1 aliphatic rings. The average molecular weight is 241 g/mol. The van der Waals surface area contributed by atoms with Crippen molar-refractivity contribution in [3.63, 3.8) is 0 Å². The van der Waals surface area contributed by atoms with Gasteiger partial charge in [0.2, 0.25) is 0 Å². The van der Waals surface area contributed by atoms with Crippen LogP contribution >= 0.6 is 11.3 Å². The number of nitrogens with one attached hydrogen (secondary N) is 1. The molecule has 0 saturated heterocycles. The average Bonchev–Trinajstić information content (AvgIpc) is 2.90. The quantitative estimate of drug-likeness (QED) is 0.694. The first-order chi connectivity index (χ1) is 7.63. The Kier molecular flexibility index (Phi) is 3.28. The van der Waals surface area contributed by atoms with Crippen LogP contribution in [0.1, 0.15) is 22.6 Å². The van der Waals surface area contributed by atoms with Gasteiger partial charge in [-0.05, 0) is 25.0 Å². The second-order valence-corrected chi connectivity index (χ2v) is 5.48. The van der Waals surface area contributed by atoms with Gasteiger partial charge in [-0.3, -0.25) is 4.79 Å². The van der Waals surface area contributed by atoms with E-state index in [9.17, 15) is 4.79 Å². The van der Waals surface area contributed by atoms with Crippen LogP contribution in [-0.2, 0) is 17.8 Å². The summed E-state index contributed by atoms with van der Waals surface area (Å²) in [6.45, 7) is 0.894. The van der Waals surface area contributed by atoms with Gasteiger partial charge < -0.3 is 15.5 Å². The molecule has 0 radical (unpaired) electrons. The van der Waals surface area contributed by atoms with Crippen LogP contribution in [0.4, 0.5) is 0 Å². The first kappa shape index (κ1) is 11.6. The number of rotatable bonds is 6. The van der Waals surface area contributed by atoms with Gasteiger partial charge in [-0.25, -0.2) is 0 Å². The lowest BCUT2D eigenvalue weighted by Gasteiger charge is -2.12. The Labute approximate surface area is 97.9 Å². The Morgan fingerprint density at radius 2 is 2.12 bits per heavy atom. The maximum atomic E-state index is 10.5. The molecule has 1 fully saturated rings. The minimum atomic E-state index is -0.796. The second kappa shape index (κ2) is 4.53. The van der Waals surface area contributed by atoms with Crippen molar-refractivity contribution in [3.05, 3.63) is 21.9 Å². The third-order valence-electron chi connectivity index (χ3n) is 2.84. The highest BCUT2D eigenvalue weighted by atomic mass is 32.1. The van der Waals surface area contributed by atoms with Crippen molar-refractivity contribution < 1.29 is 15.0 Å². The van der Waals surface area contributed by atoms with E-state index in [1.54, 1.807) is 0 Å². The van der Waals surface area contributed by atoms with Crippen LogP contribution < -0.4 is 5.32 Å². The van der Waals surface area contributed by atoms with E-state index in [0.29, 0.717) is 6.54 Å². The van der Waals surface area contributed by atoms with Gasteiger partial charge in [0.1, 0.15) is 0 Å². The van der Waals surface area contributed by atoms with Gasteiger partial charge in [0.15, 0.2) is 0 Å². The molecule has 0 amide bonds. The Morgan fingerprint density at radius 3 is 2.69 bits per heavy atom. The van der Waals surface area contributed by atoms with Crippen molar-refractivity contribution in [2.45, 2.75) is 31.3 Å². The fraction of sp³-hybridized carbons (Fsp3) is 0.545. The number of aliphatic hydroxyl groups excluding tert-OH is 1. The summed E-state index contributed by atoms with van der Waals surface area (Å²) in [4.78, 5) is 12.5. The Bertz CT molecular complexity index is 384. The highest BCUT2D eigenvalue weighted by Crippen LogP contribution is 2.35. The molecule has 0 bridgehead atoms. The van der Waals surface area contributed by atoms with E-state index in [1.165, 1.54) is 11.3 Å². The standard InChI is InChI=1S/C11H15NO3S/c13-7-11(3-4-11)12-6-9-2-1-8(16-9)5-10(14)15/h1-2,12-13H,3-7H2,(H,14,15). The molecule has 1 aliphatic carbocycles. The van der Waals surface area contributed by atoms with Crippen molar-refractivity contribution in [2.75, 3.05) is 6.61 Å². The molecule has 0 aromatic carbocycles. The lowest BCUT2D eigenvalue weighted by Crippen LogP contribution is -2.33. The smallest absolute Gasteiger partial charge is 0.308 e. The number of carbonyl (C=O) groups is 1. The van der Waals surface area contributed by atoms with Gasteiger partial charge in [0, 0.05) is 21.8 Å². The van der Waals surface area contributed by atoms with Gasteiger partial charge in [-0.1, -0.05) is 0 Å². The molecular formula is C11H15NO3S. The molecule has 5 heteroatoms. The van der Waals surface area contributed by atoms with Crippen LogP contribution in [-0.4, -0.2) is 28.3 Å². The fourth-order valence-corrected chi connectivity index (χ4v) is 2.53. The summed E-state index contributed by atoms with van der Waals surface area (Å²) in [5.41, 5.74) is -0.0586. The van der Waals surface area contributed by atoms with E-state index in [4.69, 9.17) is 10.2 Å².